The molecule has 0 spiro atoms. The van der Waals surface area contributed by atoms with Crippen LogP contribution in [0.15, 0.2) is 42.5 Å². The molecular formula is C19H21ClN2O3. The maximum Gasteiger partial charge on any atom is 0.314 e. The molecule has 0 saturated heterocycles. The van der Waals surface area contributed by atoms with Gasteiger partial charge in [-0.1, -0.05) is 43.6 Å². The fourth-order valence-electron chi connectivity index (χ4n) is 2.37. The van der Waals surface area contributed by atoms with Gasteiger partial charge < -0.3 is 15.4 Å². The van der Waals surface area contributed by atoms with Crippen molar-refractivity contribution in [3.8, 4) is 5.75 Å². The van der Waals surface area contributed by atoms with Crippen molar-refractivity contribution in [2.24, 2.45) is 0 Å². The van der Waals surface area contributed by atoms with E-state index in [0.29, 0.717) is 22.1 Å². The van der Waals surface area contributed by atoms with Crippen LogP contribution in [0.3, 0.4) is 0 Å². The topological polar surface area (TPSA) is 67.4 Å². The molecule has 6 heteroatoms. The highest BCUT2D eigenvalue weighted by atomic mass is 35.5. The third-order valence-corrected chi connectivity index (χ3v) is 4.26. The number of ether oxygens (including phenoxy) is 1. The molecule has 0 radical (unpaired) electrons. The highest BCUT2D eigenvalue weighted by Gasteiger charge is 2.17. The molecular weight excluding hydrogens is 340 g/mol. The fraction of sp³-hybridized carbons (Fsp3) is 0.263. The molecule has 0 aliphatic rings. The number of carbonyl (C=O) groups excluding carboxylic acids is 2. The van der Waals surface area contributed by atoms with E-state index in [2.05, 4.69) is 24.5 Å². The lowest BCUT2D eigenvalue weighted by molar-refractivity contribution is -0.133. The lowest BCUT2D eigenvalue weighted by Gasteiger charge is -2.15. The van der Waals surface area contributed by atoms with Gasteiger partial charge in [0.25, 0.3) is 0 Å². The summed E-state index contributed by atoms with van der Waals surface area (Å²) in [6.07, 6.45) is 0.934. The quantitative estimate of drug-likeness (QED) is 0.774. The largest absolute Gasteiger partial charge is 0.495 e. The lowest BCUT2D eigenvalue weighted by atomic mass is 9.97. The molecule has 2 rings (SSSR count). The van der Waals surface area contributed by atoms with E-state index in [1.807, 2.05) is 18.2 Å². The highest BCUT2D eigenvalue weighted by Crippen LogP contribution is 2.28. The van der Waals surface area contributed by atoms with Gasteiger partial charge in [-0.15, -0.1) is 0 Å². The summed E-state index contributed by atoms with van der Waals surface area (Å²) in [5.41, 5.74) is 2.06. The molecule has 132 valence electrons. The van der Waals surface area contributed by atoms with E-state index in [0.717, 1.165) is 12.0 Å². The summed E-state index contributed by atoms with van der Waals surface area (Å²) in [6, 6.07) is 12.2. The Labute approximate surface area is 152 Å². The number of carbonyl (C=O) groups is 2. The molecule has 5 nitrogen and oxygen atoms in total. The van der Waals surface area contributed by atoms with Gasteiger partial charge in [0.05, 0.1) is 12.1 Å². The number of hydrogen-bond donors (Lipinski definition) is 2. The molecule has 0 aliphatic carbocycles. The number of nitrogens with one attached hydrogen (secondary N) is 2. The van der Waals surface area contributed by atoms with Gasteiger partial charge in [0.15, 0.2) is 0 Å². The number of rotatable bonds is 5. The van der Waals surface area contributed by atoms with Gasteiger partial charge in [0.1, 0.15) is 5.75 Å². The molecule has 1 unspecified atom stereocenters. The Kier molecular flexibility index (Phi) is 6.42. The van der Waals surface area contributed by atoms with Crippen molar-refractivity contribution in [1.29, 1.82) is 0 Å². The Balaban J connectivity index is 2.09. The van der Waals surface area contributed by atoms with Gasteiger partial charge in [-0.05, 0) is 42.2 Å². The zero-order chi connectivity index (χ0) is 18.4. The Hall–Kier alpha value is -2.53. The number of hydrogen-bond acceptors (Lipinski definition) is 3. The molecule has 2 N–H and O–H groups in total. The van der Waals surface area contributed by atoms with Crippen molar-refractivity contribution in [1.82, 2.24) is 0 Å². The monoisotopic (exact) mass is 360 g/mol. The van der Waals surface area contributed by atoms with Crippen LogP contribution in [0.2, 0.25) is 5.02 Å². The number of methoxy groups -OCH3 is 1. The molecule has 0 aliphatic heterocycles. The van der Waals surface area contributed by atoms with Crippen molar-refractivity contribution in [3.05, 3.63) is 53.1 Å². The number of para-hydroxylation sites is 1. The van der Waals surface area contributed by atoms with Crippen molar-refractivity contribution < 1.29 is 14.3 Å². The van der Waals surface area contributed by atoms with Crippen LogP contribution in [0.1, 0.15) is 31.7 Å². The van der Waals surface area contributed by atoms with E-state index in [4.69, 9.17) is 16.3 Å². The molecule has 1 atom stereocenters. The van der Waals surface area contributed by atoms with E-state index in [1.165, 1.54) is 13.2 Å². The maximum atomic E-state index is 12.2. The van der Waals surface area contributed by atoms with Crippen LogP contribution in [0.4, 0.5) is 11.4 Å². The van der Waals surface area contributed by atoms with Crippen molar-refractivity contribution in [2.75, 3.05) is 17.7 Å². The average Bonchev–Trinajstić information content (AvgIpc) is 2.61. The minimum Gasteiger partial charge on any atom is -0.495 e. The van der Waals surface area contributed by atoms with E-state index >= 15 is 0 Å². The van der Waals surface area contributed by atoms with Crippen LogP contribution < -0.4 is 15.4 Å². The third-order valence-electron chi connectivity index (χ3n) is 3.97. The van der Waals surface area contributed by atoms with Gasteiger partial charge in [-0.25, -0.2) is 0 Å². The highest BCUT2D eigenvalue weighted by molar-refractivity contribution is 6.44. The lowest BCUT2D eigenvalue weighted by Crippen LogP contribution is -2.29. The second-order valence-electron chi connectivity index (χ2n) is 5.65. The van der Waals surface area contributed by atoms with E-state index in [9.17, 15) is 9.59 Å². The Morgan fingerprint density at radius 1 is 1.12 bits per heavy atom. The van der Waals surface area contributed by atoms with Crippen LogP contribution in [0.25, 0.3) is 0 Å². The summed E-state index contributed by atoms with van der Waals surface area (Å²) in [5.74, 6) is -0.727. The minimum atomic E-state index is -0.764. The summed E-state index contributed by atoms with van der Waals surface area (Å²) in [5, 5.41) is 5.55. The van der Waals surface area contributed by atoms with E-state index in [-0.39, 0.29) is 5.92 Å². The molecule has 0 fully saturated rings. The number of amides is 2. The van der Waals surface area contributed by atoms with Gasteiger partial charge in [-0.2, -0.15) is 0 Å². The first kappa shape index (κ1) is 18.8. The minimum absolute atomic E-state index is 0.278. The van der Waals surface area contributed by atoms with E-state index < -0.39 is 11.8 Å². The molecule has 0 saturated carbocycles. The van der Waals surface area contributed by atoms with Crippen LogP contribution >= 0.6 is 11.6 Å². The number of anilines is 2. The molecule has 25 heavy (non-hydrogen) atoms. The maximum absolute atomic E-state index is 12.2. The molecule has 0 heterocycles. The average molecular weight is 361 g/mol. The SMILES string of the molecule is CCC(C)c1ccccc1NC(=O)C(=O)Nc1ccc(OC)c(Cl)c1. The molecule has 0 bridgehead atoms. The fourth-order valence-corrected chi connectivity index (χ4v) is 2.63. The summed E-state index contributed by atoms with van der Waals surface area (Å²) in [7, 11) is 1.50. The molecule has 2 aromatic carbocycles. The van der Waals surface area contributed by atoms with Crippen molar-refractivity contribution in [2.45, 2.75) is 26.2 Å². The summed E-state index contributed by atoms with van der Waals surface area (Å²) >= 11 is 6.02. The van der Waals surface area contributed by atoms with Crippen molar-refractivity contribution in [3.63, 3.8) is 0 Å². The van der Waals surface area contributed by atoms with Gasteiger partial charge in [0, 0.05) is 11.4 Å². The van der Waals surface area contributed by atoms with E-state index in [1.54, 1.807) is 18.2 Å². The van der Waals surface area contributed by atoms with Crippen molar-refractivity contribution >= 4 is 34.8 Å². The van der Waals surface area contributed by atoms with Gasteiger partial charge in [-0.3, -0.25) is 9.59 Å². The Morgan fingerprint density at radius 3 is 2.44 bits per heavy atom. The molecule has 2 amide bonds. The van der Waals surface area contributed by atoms with Crippen LogP contribution in [0, 0.1) is 0 Å². The first-order valence-electron chi connectivity index (χ1n) is 8.01. The van der Waals surface area contributed by atoms with Crippen LogP contribution in [-0.2, 0) is 9.59 Å². The standard InChI is InChI=1S/C19H21ClN2O3/c1-4-12(2)14-7-5-6-8-16(14)22-19(24)18(23)21-13-9-10-17(25-3)15(20)11-13/h5-12H,4H2,1-3H3,(H,21,23)(H,22,24). The normalized spacial score (nSPS) is 11.5. The number of halogens is 1. The number of benzene rings is 2. The van der Waals surface area contributed by atoms with Crippen LogP contribution in [-0.4, -0.2) is 18.9 Å². The predicted octanol–water partition coefficient (Wildman–Crippen LogP) is 4.44. The predicted molar refractivity (Wildman–Crippen MR) is 100 cm³/mol. The summed E-state index contributed by atoms with van der Waals surface area (Å²) in [6.45, 7) is 4.15. The first-order valence-corrected chi connectivity index (χ1v) is 8.38. The van der Waals surface area contributed by atoms with Crippen LogP contribution in [0.5, 0.6) is 5.75 Å². The van der Waals surface area contributed by atoms with Gasteiger partial charge >= 0.3 is 11.8 Å². The van der Waals surface area contributed by atoms with Gasteiger partial charge in [0.2, 0.25) is 0 Å². The molecule has 0 aromatic heterocycles. The Bertz CT molecular complexity index is 777. The zero-order valence-corrected chi connectivity index (χ0v) is 15.2. The summed E-state index contributed by atoms with van der Waals surface area (Å²) < 4.78 is 5.05. The molecule has 2 aromatic rings. The Morgan fingerprint density at radius 2 is 1.80 bits per heavy atom. The first-order chi connectivity index (χ1) is 12.0. The third kappa shape index (κ3) is 4.73. The second-order valence-corrected chi connectivity index (χ2v) is 6.06. The summed E-state index contributed by atoms with van der Waals surface area (Å²) in [4.78, 5) is 24.3. The zero-order valence-electron chi connectivity index (χ0n) is 14.4. The second kappa shape index (κ2) is 8.53. The smallest absolute Gasteiger partial charge is 0.314 e.